The summed E-state index contributed by atoms with van der Waals surface area (Å²) >= 11 is 0. The van der Waals surface area contributed by atoms with Crippen molar-refractivity contribution in [2.24, 2.45) is 5.73 Å². The Hall–Kier alpha value is -1.86. The van der Waals surface area contributed by atoms with Crippen molar-refractivity contribution in [1.29, 1.82) is 5.26 Å². The van der Waals surface area contributed by atoms with Gasteiger partial charge in [-0.3, -0.25) is 4.79 Å². The highest BCUT2D eigenvalue weighted by Crippen LogP contribution is 2.18. The van der Waals surface area contributed by atoms with Crippen molar-refractivity contribution in [2.75, 3.05) is 0 Å². The Kier molecular flexibility index (Phi) is 2.40. The largest absolute Gasteiger partial charge is 0.348 e. The van der Waals surface area contributed by atoms with E-state index in [1.165, 1.54) is 0 Å². The highest BCUT2D eigenvalue weighted by molar-refractivity contribution is 5.95. The molecule has 1 saturated carbocycles. The van der Waals surface area contributed by atoms with E-state index in [1.54, 1.807) is 24.3 Å². The van der Waals surface area contributed by atoms with Crippen molar-refractivity contribution in [3.05, 3.63) is 35.4 Å². The molecule has 0 heterocycles. The first-order valence-electron chi connectivity index (χ1n) is 4.77. The second-order valence-corrected chi connectivity index (χ2v) is 3.67. The lowest BCUT2D eigenvalue weighted by Crippen LogP contribution is -2.29. The summed E-state index contributed by atoms with van der Waals surface area (Å²) in [5, 5.41) is 11.5. The van der Waals surface area contributed by atoms with Crippen LogP contribution in [0.1, 0.15) is 22.3 Å². The van der Waals surface area contributed by atoms with Crippen LogP contribution in [0.4, 0.5) is 0 Å². The molecule has 2 unspecified atom stereocenters. The van der Waals surface area contributed by atoms with Crippen LogP contribution < -0.4 is 11.1 Å². The zero-order chi connectivity index (χ0) is 10.8. The minimum Gasteiger partial charge on any atom is -0.348 e. The summed E-state index contributed by atoms with van der Waals surface area (Å²) in [7, 11) is 0. The Morgan fingerprint density at radius 3 is 2.93 bits per heavy atom. The van der Waals surface area contributed by atoms with Gasteiger partial charge in [-0.15, -0.1) is 0 Å². The third-order valence-electron chi connectivity index (χ3n) is 2.41. The molecular weight excluding hydrogens is 190 g/mol. The summed E-state index contributed by atoms with van der Waals surface area (Å²) in [5.74, 6) is -0.162. The van der Waals surface area contributed by atoms with Crippen LogP contribution >= 0.6 is 0 Å². The van der Waals surface area contributed by atoms with Gasteiger partial charge in [0.2, 0.25) is 0 Å². The van der Waals surface area contributed by atoms with Gasteiger partial charge in [0.1, 0.15) is 0 Å². The molecule has 1 amide bonds. The van der Waals surface area contributed by atoms with Crippen LogP contribution in [-0.4, -0.2) is 18.0 Å². The monoisotopic (exact) mass is 201 g/mol. The third-order valence-corrected chi connectivity index (χ3v) is 2.41. The fraction of sp³-hybridized carbons (Fsp3) is 0.273. The molecule has 2 rings (SSSR count). The van der Waals surface area contributed by atoms with Crippen LogP contribution in [0.25, 0.3) is 0 Å². The van der Waals surface area contributed by atoms with Gasteiger partial charge in [-0.1, -0.05) is 6.07 Å². The third kappa shape index (κ3) is 2.14. The molecule has 0 saturated heterocycles. The predicted molar refractivity (Wildman–Crippen MR) is 55.0 cm³/mol. The van der Waals surface area contributed by atoms with Gasteiger partial charge >= 0.3 is 0 Å². The quantitative estimate of drug-likeness (QED) is 0.726. The lowest BCUT2D eigenvalue weighted by Gasteiger charge is -2.03. The highest BCUT2D eigenvalue weighted by Gasteiger charge is 2.34. The summed E-state index contributed by atoms with van der Waals surface area (Å²) < 4.78 is 0. The first-order valence-corrected chi connectivity index (χ1v) is 4.77. The number of nitrogens with two attached hydrogens (primary N) is 1. The maximum Gasteiger partial charge on any atom is 0.251 e. The summed E-state index contributed by atoms with van der Waals surface area (Å²) in [6.07, 6.45) is 0.837. The van der Waals surface area contributed by atoms with E-state index in [4.69, 9.17) is 11.0 Å². The van der Waals surface area contributed by atoms with Crippen LogP contribution in [0.3, 0.4) is 0 Å². The fourth-order valence-electron chi connectivity index (χ4n) is 1.36. The van der Waals surface area contributed by atoms with Gasteiger partial charge in [-0.25, -0.2) is 0 Å². The van der Waals surface area contributed by atoms with Gasteiger partial charge in [-0.2, -0.15) is 5.26 Å². The first kappa shape index (κ1) is 9.69. The molecular formula is C11H11N3O. The molecule has 1 aromatic rings. The number of nitriles is 1. The molecule has 0 spiro atoms. The Labute approximate surface area is 87.7 Å². The molecule has 1 fully saturated rings. The molecule has 0 aromatic heterocycles. The average Bonchev–Trinajstić information content (AvgIpc) is 2.94. The van der Waals surface area contributed by atoms with Crippen molar-refractivity contribution in [1.82, 2.24) is 5.32 Å². The SMILES string of the molecule is N#Cc1cccc(C(=O)NC2CC2N)c1. The number of hydrogen-bond acceptors (Lipinski definition) is 3. The van der Waals surface area contributed by atoms with E-state index in [9.17, 15) is 4.79 Å². The molecule has 0 bridgehead atoms. The summed E-state index contributed by atoms with van der Waals surface area (Å²) in [6.45, 7) is 0. The lowest BCUT2D eigenvalue weighted by molar-refractivity contribution is 0.0950. The van der Waals surface area contributed by atoms with Crippen LogP contribution in [-0.2, 0) is 0 Å². The van der Waals surface area contributed by atoms with E-state index in [0.717, 1.165) is 6.42 Å². The van der Waals surface area contributed by atoms with E-state index >= 15 is 0 Å². The summed E-state index contributed by atoms with van der Waals surface area (Å²) in [4.78, 5) is 11.6. The number of rotatable bonds is 2. The Balaban J connectivity index is 2.08. The zero-order valence-corrected chi connectivity index (χ0v) is 8.10. The van der Waals surface area contributed by atoms with Crippen molar-refractivity contribution >= 4 is 5.91 Å². The molecule has 15 heavy (non-hydrogen) atoms. The molecule has 4 nitrogen and oxygen atoms in total. The second kappa shape index (κ2) is 3.71. The zero-order valence-electron chi connectivity index (χ0n) is 8.10. The fourth-order valence-corrected chi connectivity index (χ4v) is 1.36. The normalized spacial score (nSPS) is 22.9. The van der Waals surface area contributed by atoms with Crippen LogP contribution in [0.5, 0.6) is 0 Å². The molecule has 0 aliphatic heterocycles. The first-order chi connectivity index (χ1) is 7.20. The summed E-state index contributed by atoms with van der Waals surface area (Å²) in [6, 6.07) is 8.80. The molecule has 76 valence electrons. The van der Waals surface area contributed by atoms with Crippen LogP contribution in [0.15, 0.2) is 24.3 Å². The van der Waals surface area contributed by atoms with Gasteiger partial charge in [-0.05, 0) is 24.6 Å². The van der Waals surface area contributed by atoms with E-state index in [0.29, 0.717) is 11.1 Å². The number of nitrogens with zero attached hydrogens (tertiary/aromatic N) is 1. The van der Waals surface area contributed by atoms with Gasteiger partial charge in [0.25, 0.3) is 5.91 Å². The second-order valence-electron chi connectivity index (χ2n) is 3.67. The van der Waals surface area contributed by atoms with E-state index in [-0.39, 0.29) is 18.0 Å². The van der Waals surface area contributed by atoms with Gasteiger partial charge in [0.15, 0.2) is 0 Å². The number of carbonyl (C=O) groups is 1. The van der Waals surface area contributed by atoms with Crippen molar-refractivity contribution in [3.8, 4) is 6.07 Å². The van der Waals surface area contributed by atoms with Crippen molar-refractivity contribution < 1.29 is 4.79 Å². The minimum absolute atomic E-state index is 0.0908. The number of benzene rings is 1. The van der Waals surface area contributed by atoms with E-state index in [1.807, 2.05) is 6.07 Å². The average molecular weight is 201 g/mol. The van der Waals surface area contributed by atoms with E-state index in [2.05, 4.69) is 5.32 Å². The van der Waals surface area contributed by atoms with Gasteiger partial charge < -0.3 is 11.1 Å². The van der Waals surface area contributed by atoms with Crippen molar-refractivity contribution in [2.45, 2.75) is 18.5 Å². The van der Waals surface area contributed by atoms with Crippen molar-refractivity contribution in [3.63, 3.8) is 0 Å². The number of carbonyl (C=O) groups excluding carboxylic acids is 1. The molecule has 0 radical (unpaired) electrons. The molecule has 1 aliphatic carbocycles. The number of amides is 1. The molecule has 3 N–H and O–H groups in total. The van der Waals surface area contributed by atoms with Crippen LogP contribution in [0, 0.1) is 11.3 Å². The van der Waals surface area contributed by atoms with Crippen LogP contribution in [0.2, 0.25) is 0 Å². The molecule has 4 heteroatoms. The minimum atomic E-state index is -0.162. The Morgan fingerprint density at radius 2 is 2.33 bits per heavy atom. The number of hydrogen-bond donors (Lipinski definition) is 2. The predicted octanol–water partition coefficient (Wildman–Crippen LogP) is 0.388. The molecule has 1 aliphatic rings. The Morgan fingerprint density at radius 1 is 1.60 bits per heavy atom. The lowest BCUT2D eigenvalue weighted by atomic mass is 10.1. The maximum absolute atomic E-state index is 11.6. The molecule has 1 aromatic carbocycles. The van der Waals surface area contributed by atoms with Gasteiger partial charge in [0, 0.05) is 17.6 Å². The highest BCUT2D eigenvalue weighted by atomic mass is 16.1. The standard InChI is InChI=1S/C11H11N3O/c12-6-7-2-1-3-8(4-7)11(15)14-10-5-9(10)13/h1-4,9-10H,5,13H2,(H,14,15). The summed E-state index contributed by atoms with van der Waals surface area (Å²) in [5.41, 5.74) is 6.58. The Bertz CT molecular complexity index is 436. The number of nitrogens with one attached hydrogen (secondary N) is 1. The maximum atomic E-state index is 11.6. The van der Waals surface area contributed by atoms with E-state index < -0.39 is 0 Å². The topological polar surface area (TPSA) is 78.9 Å². The smallest absolute Gasteiger partial charge is 0.251 e. The molecule has 2 atom stereocenters. The van der Waals surface area contributed by atoms with Gasteiger partial charge in [0.05, 0.1) is 11.6 Å².